The lowest BCUT2D eigenvalue weighted by Crippen LogP contribution is -2.23. The van der Waals surface area contributed by atoms with E-state index < -0.39 is 0 Å². The molecule has 1 aromatic heterocycles. The summed E-state index contributed by atoms with van der Waals surface area (Å²) in [5.74, 6) is -0.397. The molecule has 0 aliphatic rings. The molecule has 0 radical (unpaired) electrons. The van der Waals surface area contributed by atoms with Gasteiger partial charge in [-0.15, -0.1) is 0 Å². The Morgan fingerprint density at radius 3 is 2.63 bits per heavy atom. The average Bonchev–Trinajstić information content (AvgIpc) is 2.68. The molecule has 0 bridgehead atoms. The second-order valence-corrected chi connectivity index (χ2v) is 6.44. The molecule has 0 unspecified atom stereocenters. The minimum atomic E-state index is -0.236. The third-order valence-corrected chi connectivity index (χ3v) is 4.19. The zero-order valence-corrected chi connectivity index (χ0v) is 15.2. The van der Waals surface area contributed by atoms with Crippen LogP contribution in [0.4, 0.5) is 10.1 Å². The number of anilines is 1. The Balaban J connectivity index is 1.53. The first-order valence-electron chi connectivity index (χ1n) is 8.87. The Kier molecular flexibility index (Phi) is 6.15. The molecule has 0 fully saturated rings. The normalized spacial score (nSPS) is 10.4. The Bertz CT molecular complexity index is 909. The first kappa shape index (κ1) is 18.6. The lowest BCUT2D eigenvalue weighted by molar-refractivity contribution is 0.0950. The van der Waals surface area contributed by atoms with Crippen LogP contribution in [0.2, 0.25) is 0 Å². The molecule has 2 aromatic carbocycles. The Hall–Kier alpha value is -3.21. The first-order valence-corrected chi connectivity index (χ1v) is 8.87. The molecule has 0 spiro atoms. The maximum absolute atomic E-state index is 12.9. The van der Waals surface area contributed by atoms with Gasteiger partial charge in [0.15, 0.2) is 0 Å². The van der Waals surface area contributed by atoms with Crippen LogP contribution in [0.5, 0.6) is 0 Å². The highest BCUT2D eigenvalue weighted by atomic mass is 19.1. The monoisotopic (exact) mass is 363 g/mol. The first-order chi connectivity index (χ1) is 13.1. The molecule has 0 atom stereocenters. The summed E-state index contributed by atoms with van der Waals surface area (Å²) in [5, 5.41) is 6.16. The van der Waals surface area contributed by atoms with Gasteiger partial charge in [0.2, 0.25) is 0 Å². The number of nitrogens with one attached hydrogen (secondary N) is 2. The average molecular weight is 363 g/mol. The molecule has 4 nitrogen and oxygen atoms in total. The van der Waals surface area contributed by atoms with Crippen molar-refractivity contribution in [2.24, 2.45) is 0 Å². The lowest BCUT2D eigenvalue weighted by atomic mass is 10.1. The number of nitrogens with zero attached hydrogens (tertiary/aromatic N) is 1. The number of pyridine rings is 1. The topological polar surface area (TPSA) is 54.0 Å². The number of amides is 1. The summed E-state index contributed by atoms with van der Waals surface area (Å²) in [7, 11) is 0. The van der Waals surface area contributed by atoms with Crippen LogP contribution in [0.3, 0.4) is 0 Å². The van der Waals surface area contributed by atoms with E-state index in [4.69, 9.17) is 0 Å². The van der Waals surface area contributed by atoms with Gasteiger partial charge < -0.3 is 10.6 Å². The van der Waals surface area contributed by atoms with Gasteiger partial charge in [0.1, 0.15) is 5.82 Å². The van der Waals surface area contributed by atoms with Crippen molar-refractivity contribution >= 4 is 11.6 Å². The van der Waals surface area contributed by atoms with Gasteiger partial charge in [-0.1, -0.05) is 42.0 Å². The highest BCUT2D eigenvalue weighted by molar-refractivity contribution is 5.94. The molecule has 0 saturated carbocycles. The van der Waals surface area contributed by atoms with E-state index in [1.807, 2.05) is 31.2 Å². The van der Waals surface area contributed by atoms with Crippen molar-refractivity contribution in [3.05, 3.63) is 95.1 Å². The second kappa shape index (κ2) is 8.94. The summed E-state index contributed by atoms with van der Waals surface area (Å²) in [6, 6.07) is 16.3. The number of hydrogen-bond acceptors (Lipinski definition) is 3. The third-order valence-electron chi connectivity index (χ3n) is 4.19. The fourth-order valence-corrected chi connectivity index (χ4v) is 2.77. The van der Waals surface area contributed by atoms with Crippen molar-refractivity contribution in [2.75, 3.05) is 11.9 Å². The summed E-state index contributed by atoms with van der Waals surface area (Å²) in [4.78, 5) is 16.5. The van der Waals surface area contributed by atoms with Gasteiger partial charge >= 0.3 is 0 Å². The molecular weight excluding hydrogens is 341 g/mol. The zero-order chi connectivity index (χ0) is 19.1. The predicted octanol–water partition coefficient (Wildman–Crippen LogP) is 4.11. The fourth-order valence-electron chi connectivity index (χ4n) is 2.77. The number of aromatic nitrogens is 1. The van der Waals surface area contributed by atoms with E-state index in [2.05, 4.69) is 15.6 Å². The number of aryl methyl sites for hydroxylation is 1. The van der Waals surface area contributed by atoms with Crippen LogP contribution < -0.4 is 10.6 Å². The van der Waals surface area contributed by atoms with E-state index in [0.717, 1.165) is 28.8 Å². The van der Waals surface area contributed by atoms with Crippen molar-refractivity contribution < 1.29 is 9.18 Å². The number of benzene rings is 2. The third kappa shape index (κ3) is 5.64. The summed E-state index contributed by atoms with van der Waals surface area (Å²) in [5.41, 5.74) is 4.55. The summed E-state index contributed by atoms with van der Waals surface area (Å²) in [6.07, 6.45) is 3.99. The van der Waals surface area contributed by atoms with Crippen molar-refractivity contribution in [1.29, 1.82) is 0 Å². The molecule has 138 valence electrons. The van der Waals surface area contributed by atoms with E-state index in [-0.39, 0.29) is 11.7 Å². The molecule has 27 heavy (non-hydrogen) atoms. The van der Waals surface area contributed by atoms with Crippen LogP contribution in [0.25, 0.3) is 0 Å². The van der Waals surface area contributed by atoms with Crippen molar-refractivity contribution in [3.8, 4) is 0 Å². The van der Waals surface area contributed by atoms with Crippen molar-refractivity contribution in [2.45, 2.75) is 19.9 Å². The quantitative estimate of drug-likeness (QED) is 0.664. The predicted molar refractivity (Wildman–Crippen MR) is 105 cm³/mol. The molecule has 3 rings (SSSR count). The smallest absolute Gasteiger partial charge is 0.253 e. The number of rotatable bonds is 7. The lowest BCUT2D eigenvalue weighted by Gasteiger charge is -2.09. The SMILES string of the molecule is Cc1cccc(CNC(=O)c2cncc(NCCc3ccc(F)cc3)c2)c1. The Labute approximate surface area is 158 Å². The highest BCUT2D eigenvalue weighted by Crippen LogP contribution is 2.10. The van der Waals surface area contributed by atoms with Crippen molar-refractivity contribution in [1.82, 2.24) is 10.3 Å². The van der Waals surface area contributed by atoms with Gasteiger partial charge in [-0.2, -0.15) is 0 Å². The fraction of sp³-hybridized carbons (Fsp3) is 0.182. The molecule has 0 aliphatic heterocycles. The molecule has 1 amide bonds. The van der Waals surface area contributed by atoms with Crippen LogP contribution >= 0.6 is 0 Å². The van der Waals surface area contributed by atoms with Crippen LogP contribution in [0.15, 0.2) is 67.0 Å². The van der Waals surface area contributed by atoms with E-state index in [1.165, 1.54) is 12.1 Å². The van der Waals surface area contributed by atoms with Crippen LogP contribution in [-0.4, -0.2) is 17.4 Å². The maximum Gasteiger partial charge on any atom is 0.253 e. The van der Waals surface area contributed by atoms with E-state index >= 15 is 0 Å². The highest BCUT2D eigenvalue weighted by Gasteiger charge is 2.07. The standard InChI is InChI=1S/C22H22FN3O/c1-16-3-2-4-18(11-16)13-26-22(27)19-12-21(15-24-14-19)25-10-9-17-5-7-20(23)8-6-17/h2-8,11-12,14-15,25H,9-10,13H2,1H3,(H,26,27). The van der Waals surface area contributed by atoms with Gasteiger partial charge in [-0.05, 0) is 42.7 Å². The van der Waals surface area contributed by atoms with Gasteiger partial charge in [-0.25, -0.2) is 4.39 Å². The molecule has 0 saturated heterocycles. The van der Waals surface area contributed by atoms with Crippen molar-refractivity contribution in [3.63, 3.8) is 0 Å². The molecule has 5 heteroatoms. The summed E-state index contributed by atoms with van der Waals surface area (Å²) in [6.45, 7) is 3.17. The molecule has 3 aromatic rings. The molecule has 2 N–H and O–H groups in total. The van der Waals surface area contributed by atoms with E-state index in [1.54, 1.807) is 30.6 Å². The second-order valence-electron chi connectivity index (χ2n) is 6.44. The number of carbonyl (C=O) groups is 1. The largest absolute Gasteiger partial charge is 0.383 e. The molecule has 0 aliphatic carbocycles. The van der Waals surface area contributed by atoms with E-state index in [0.29, 0.717) is 18.7 Å². The van der Waals surface area contributed by atoms with Crippen LogP contribution in [0.1, 0.15) is 27.0 Å². The van der Waals surface area contributed by atoms with Crippen LogP contribution in [-0.2, 0) is 13.0 Å². The molecular formula is C22H22FN3O. The minimum absolute atomic E-state index is 0.161. The van der Waals surface area contributed by atoms with Gasteiger partial charge in [0, 0.05) is 25.5 Å². The zero-order valence-electron chi connectivity index (χ0n) is 15.2. The summed E-state index contributed by atoms with van der Waals surface area (Å²) < 4.78 is 12.9. The number of carbonyl (C=O) groups excluding carboxylic acids is 1. The van der Waals surface area contributed by atoms with E-state index in [9.17, 15) is 9.18 Å². The number of hydrogen-bond donors (Lipinski definition) is 2. The van der Waals surface area contributed by atoms with Gasteiger partial charge in [0.25, 0.3) is 5.91 Å². The maximum atomic E-state index is 12.9. The van der Waals surface area contributed by atoms with Gasteiger partial charge in [-0.3, -0.25) is 9.78 Å². The van der Waals surface area contributed by atoms with Gasteiger partial charge in [0.05, 0.1) is 11.3 Å². The number of halogens is 1. The van der Waals surface area contributed by atoms with Crippen LogP contribution in [0, 0.1) is 12.7 Å². The Morgan fingerprint density at radius 1 is 1.04 bits per heavy atom. The Morgan fingerprint density at radius 2 is 1.85 bits per heavy atom. The summed E-state index contributed by atoms with van der Waals surface area (Å²) >= 11 is 0. The molecule has 1 heterocycles. The minimum Gasteiger partial charge on any atom is -0.383 e.